The Bertz CT molecular complexity index is 942. The molecule has 5 nitrogen and oxygen atoms in total. The lowest BCUT2D eigenvalue weighted by atomic mass is 9.94. The van der Waals surface area contributed by atoms with Crippen molar-refractivity contribution >= 4 is 23.5 Å². The van der Waals surface area contributed by atoms with Gasteiger partial charge in [-0.1, -0.05) is 24.3 Å². The van der Waals surface area contributed by atoms with Crippen molar-refractivity contribution in [3.8, 4) is 5.75 Å². The molecule has 6 heteroatoms. The minimum Gasteiger partial charge on any atom is -0.496 e. The Morgan fingerprint density at radius 2 is 1.90 bits per heavy atom. The predicted octanol–water partition coefficient (Wildman–Crippen LogP) is 4.08. The molecular weight excluding hydrogens is 408 g/mol. The summed E-state index contributed by atoms with van der Waals surface area (Å²) in [5, 5.41) is 3.10. The van der Waals surface area contributed by atoms with Crippen LogP contribution >= 0.6 is 11.8 Å². The van der Waals surface area contributed by atoms with Gasteiger partial charge >= 0.3 is 0 Å². The molecule has 0 unspecified atom stereocenters. The monoisotopic (exact) mass is 440 g/mol. The van der Waals surface area contributed by atoms with Gasteiger partial charge in [0.05, 0.1) is 12.9 Å². The highest BCUT2D eigenvalue weighted by molar-refractivity contribution is 7.99. The van der Waals surface area contributed by atoms with Crippen molar-refractivity contribution in [1.82, 2.24) is 10.2 Å². The number of carbonyl (C=O) groups excluding carboxylic acids is 2. The maximum atomic E-state index is 12.5. The van der Waals surface area contributed by atoms with E-state index in [1.54, 1.807) is 20.1 Å². The number of nitrogens with zero attached hydrogens (tertiary/aromatic N) is 1. The first-order valence-corrected chi connectivity index (χ1v) is 11.8. The van der Waals surface area contributed by atoms with Crippen molar-refractivity contribution in [2.75, 3.05) is 26.0 Å². The van der Waals surface area contributed by atoms with Gasteiger partial charge in [0.2, 0.25) is 5.91 Å². The molecule has 1 amide bonds. The quantitative estimate of drug-likeness (QED) is 0.596. The van der Waals surface area contributed by atoms with Crippen LogP contribution < -0.4 is 10.1 Å². The smallest absolute Gasteiger partial charge is 0.230 e. The molecule has 0 fully saturated rings. The van der Waals surface area contributed by atoms with Crippen LogP contribution in [0.3, 0.4) is 0 Å². The Hall–Kier alpha value is -2.31. The fourth-order valence-electron chi connectivity index (χ4n) is 3.85. The summed E-state index contributed by atoms with van der Waals surface area (Å²) < 4.78 is 5.39. The molecule has 0 saturated heterocycles. The molecule has 3 rings (SSSR count). The van der Waals surface area contributed by atoms with E-state index in [1.165, 1.54) is 22.9 Å². The van der Waals surface area contributed by atoms with Crippen molar-refractivity contribution in [2.45, 2.75) is 45.0 Å². The zero-order valence-electron chi connectivity index (χ0n) is 18.9. The first-order valence-electron chi connectivity index (χ1n) is 10.6. The molecule has 2 aromatic carbocycles. The largest absolute Gasteiger partial charge is 0.496 e. The molecule has 0 spiro atoms. The van der Waals surface area contributed by atoms with Crippen LogP contribution in [-0.2, 0) is 23.5 Å². The topological polar surface area (TPSA) is 58.6 Å². The molecule has 2 aromatic rings. The summed E-state index contributed by atoms with van der Waals surface area (Å²) in [5.74, 6) is 1.77. The standard InChI is InChI=1S/C25H32N2O3S/c1-18(28)20-9-10-23(30-4)22(13-20)15-31-16-24(29)26-17-25(2,3)27-12-11-19-7-5-6-8-21(19)14-27/h5-10,13H,11-12,14-17H2,1-4H3,(H,26,29). The molecule has 1 aliphatic heterocycles. The Balaban J connectivity index is 1.48. The second-order valence-electron chi connectivity index (χ2n) is 8.61. The summed E-state index contributed by atoms with van der Waals surface area (Å²) in [6.45, 7) is 8.45. The third kappa shape index (κ3) is 6.11. The summed E-state index contributed by atoms with van der Waals surface area (Å²) in [7, 11) is 1.62. The van der Waals surface area contributed by atoms with E-state index in [9.17, 15) is 9.59 Å². The van der Waals surface area contributed by atoms with Crippen LogP contribution in [0.5, 0.6) is 5.75 Å². The molecular formula is C25H32N2O3S. The van der Waals surface area contributed by atoms with Gasteiger partial charge in [0.1, 0.15) is 5.75 Å². The van der Waals surface area contributed by atoms with Crippen LogP contribution in [0.1, 0.15) is 47.8 Å². The average molecular weight is 441 g/mol. The van der Waals surface area contributed by atoms with E-state index >= 15 is 0 Å². The molecule has 0 aromatic heterocycles. The number of Topliss-reactive ketones (excluding diaryl/α,β-unsaturated/α-hetero) is 1. The number of hydrogen-bond donors (Lipinski definition) is 1. The van der Waals surface area contributed by atoms with E-state index in [2.05, 4.69) is 48.3 Å². The van der Waals surface area contributed by atoms with Crippen LogP contribution in [0.25, 0.3) is 0 Å². The Labute approximate surface area is 189 Å². The third-order valence-corrected chi connectivity index (χ3v) is 6.86. The first-order chi connectivity index (χ1) is 14.8. The average Bonchev–Trinajstić information content (AvgIpc) is 2.77. The van der Waals surface area contributed by atoms with Crippen LogP contribution in [0.15, 0.2) is 42.5 Å². The number of rotatable bonds is 9. The Kier molecular flexibility index (Phi) is 7.79. The van der Waals surface area contributed by atoms with E-state index in [4.69, 9.17) is 4.74 Å². The van der Waals surface area contributed by atoms with Gasteiger partial charge in [0, 0.05) is 42.1 Å². The fourth-order valence-corrected chi connectivity index (χ4v) is 4.69. The second-order valence-corrected chi connectivity index (χ2v) is 9.59. The van der Waals surface area contributed by atoms with Crippen LogP contribution in [0.4, 0.5) is 0 Å². The summed E-state index contributed by atoms with van der Waals surface area (Å²) in [6, 6.07) is 14.0. The van der Waals surface area contributed by atoms with Crippen molar-refractivity contribution in [1.29, 1.82) is 0 Å². The van der Waals surface area contributed by atoms with Crippen molar-refractivity contribution in [3.05, 3.63) is 64.7 Å². The molecule has 1 heterocycles. The number of ether oxygens (including phenoxy) is 1. The number of hydrogen-bond acceptors (Lipinski definition) is 5. The van der Waals surface area contributed by atoms with Crippen LogP contribution in [0.2, 0.25) is 0 Å². The fraction of sp³-hybridized carbons (Fsp3) is 0.440. The van der Waals surface area contributed by atoms with Crippen molar-refractivity contribution in [3.63, 3.8) is 0 Å². The third-order valence-electron chi connectivity index (χ3n) is 5.88. The van der Waals surface area contributed by atoms with Gasteiger partial charge in [-0.2, -0.15) is 0 Å². The molecule has 0 radical (unpaired) electrons. The van der Waals surface area contributed by atoms with Gasteiger partial charge in [-0.05, 0) is 56.5 Å². The van der Waals surface area contributed by atoms with E-state index in [0.717, 1.165) is 30.8 Å². The number of amides is 1. The summed E-state index contributed by atoms with van der Waals surface area (Å²) >= 11 is 1.52. The molecule has 0 bridgehead atoms. The lowest BCUT2D eigenvalue weighted by Gasteiger charge is -2.41. The number of fused-ring (bicyclic) bond motifs is 1. The Morgan fingerprint density at radius 1 is 1.16 bits per heavy atom. The van der Waals surface area contributed by atoms with Crippen molar-refractivity contribution < 1.29 is 14.3 Å². The van der Waals surface area contributed by atoms with E-state index in [1.807, 2.05) is 12.1 Å². The number of nitrogens with one attached hydrogen (secondary N) is 1. The summed E-state index contributed by atoms with van der Waals surface area (Å²) in [4.78, 5) is 26.5. The van der Waals surface area contributed by atoms with E-state index < -0.39 is 0 Å². The summed E-state index contributed by atoms with van der Waals surface area (Å²) in [5.41, 5.74) is 4.28. The normalized spacial score (nSPS) is 14.1. The zero-order chi connectivity index (χ0) is 22.4. The van der Waals surface area contributed by atoms with Gasteiger partial charge in [0.15, 0.2) is 5.78 Å². The van der Waals surface area contributed by atoms with Crippen LogP contribution in [-0.4, -0.2) is 48.1 Å². The summed E-state index contributed by atoms with van der Waals surface area (Å²) in [6.07, 6.45) is 1.05. The molecule has 31 heavy (non-hydrogen) atoms. The SMILES string of the molecule is COc1ccc(C(C)=O)cc1CSCC(=O)NCC(C)(C)N1CCc2ccccc2C1. The maximum absolute atomic E-state index is 12.5. The van der Waals surface area contributed by atoms with E-state index in [-0.39, 0.29) is 17.2 Å². The van der Waals surface area contributed by atoms with Gasteiger partial charge in [-0.15, -0.1) is 11.8 Å². The van der Waals surface area contributed by atoms with Gasteiger partial charge in [-0.25, -0.2) is 0 Å². The maximum Gasteiger partial charge on any atom is 0.230 e. The van der Waals surface area contributed by atoms with Gasteiger partial charge in [0.25, 0.3) is 0 Å². The minimum atomic E-state index is -0.118. The molecule has 166 valence electrons. The zero-order valence-corrected chi connectivity index (χ0v) is 19.7. The molecule has 0 saturated carbocycles. The van der Waals surface area contributed by atoms with Crippen molar-refractivity contribution in [2.24, 2.45) is 0 Å². The molecule has 1 aliphatic rings. The predicted molar refractivity (Wildman–Crippen MR) is 127 cm³/mol. The number of thioether (sulfide) groups is 1. The van der Waals surface area contributed by atoms with Gasteiger partial charge in [-0.3, -0.25) is 14.5 Å². The molecule has 0 aliphatic carbocycles. The van der Waals surface area contributed by atoms with Gasteiger partial charge < -0.3 is 10.1 Å². The number of carbonyl (C=O) groups is 2. The van der Waals surface area contributed by atoms with Crippen LogP contribution in [0, 0.1) is 0 Å². The second kappa shape index (κ2) is 10.3. The highest BCUT2D eigenvalue weighted by atomic mass is 32.2. The number of benzene rings is 2. The highest BCUT2D eigenvalue weighted by Crippen LogP contribution is 2.26. The van der Waals surface area contributed by atoms with E-state index in [0.29, 0.717) is 23.6 Å². The number of ketones is 1. The molecule has 1 N–H and O–H groups in total. The Morgan fingerprint density at radius 3 is 2.61 bits per heavy atom. The molecule has 0 atom stereocenters. The highest BCUT2D eigenvalue weighted by Gasteiger charge is 2.30. The number of methoxy groups -OCH3 is 1. The minimum absolute atomic E-state index is 0.0224. The lowest BCUT2D eigenvalue weighted by Crippen LogP contribution is -2.53. The first kappa shape index (κ1) is 23.4. The lowest BCUT2D eigenvalue weighted by molar-refractivity contribution is -0.119.